The largest absolute Gasteiger partial charge is 0.573 e. The highest BCUT2D eigenvalue weighted by Crippen LogP contribution is 2.22. The van der Waals surface area contributed by atoms with Crippen LogP contribution in [0.2, 0.25) is 0 Å². The number of aliphatic imine (C=N–C) groups is 1. The van der Waals surface area contributed by atoms with E-state index in [2.05, 4.69) is 32.3 Å². The minimum Gasteiger partial charge on any atom is -0.406 e. The van der Waals surface area contributed by atoms with Crippen LogP contribution in [-0.2, 0) is 19.4 Å². The Morgan fingerprint density at radius 2 is 1.96 bits per heavy atom. The predicted molar refractivity (Wildman–Crippen MR) is 96.5 cm³/mol. The van der Waals surface area contributed by atoms with Crippen molar-refractivity contribution in [2.45, 2.75) is 32.7 Å². The Hall–Kier alpha value is -2.29. The van der Waals surface area contributed by atoms with E-state index in [1.54, 1.807) is 30.5 Å². The number of aromatic nitrogens is 1. The number of rotatable bonds is 7. The number of aryl methyl sites for hydroxylation is 1. The van der Waals surface area contributed by atoms with Gasteiger partial charge in [0, 0.05) is 24.7 Å². The summed E-state index contributed by atoms with van der Waals surface area (Å²) in [5, 5.41) is 7.34. The van der Waals surface area contributed by atoms with Crippen molar-refractivity contribution in [3.8, 4) is 5.75 Å². The van der Waals surface area contributed by atoms with Crippen molar-refractivity contribution in [3.63, 3.8) is 0 Å². The highest BCUT2D eigenvalue weighted by Gasteiger charge is 2.30. The van der Waals surface area contributed by atoms with Crippen molar-refractivity contribution >= 4 is 17.3 Å². The molecule has 5 nitrogen and oxygen atoms in total. The highest BCUT2D eigenvalue weighted by molar-refractivity contribution is 7.11. The molecule has 142 valence electrons. The number of nitrogens with one attached hydrogen (secondary N) is 2. The van der Waals surface area contributed by atoms with Crippen LogP contribution in [0.5, 0.6) is 5.75 Å². The molecule has 0 saturated carbocycles. The van der Waals surface area contributed by atoms with Crippen LogP contribution in [0, 0.1) is 0 Å². The van der Waals surface area contributed by atoms with Gasteiger partial charge in [0.2, 0.25) is 0 Å². The molecule has 2 N–H and O–H groups in total. The molecule has 9 heteroatoms. The van der Waals surface area contributed by atoms with Crippen LogP contribution in [0.1, 0.15) is 22.4 Å². The average molecular weight is 386 g/mol. The molecule has 1 heterocycles. The molecule has 26 heavy (non-hydrogen) atoms. The Morgan fingerprint density at radius 1 is 1.23 bits per heavy atom. The monoisotopic (exact) mass is 386 g/mol. The number of hydrogen-bond donors (Lipinski definition) is 2. The lowest BCUT2D eigenvalue weighted by atomic mass is 10.1. The van der Waals surface area contributed by atoms with Crippen LogP contribution in [-0.4, -0.2) is 30.9 Å². The van der Waals surface area contributed by atoms with Crippen molar-refractivity contribution in [1.29, 1.82) is 0 Å². The third-order valence-corrected chi connectivity index (χ3v) is 4.59. The maximum absolute atomic E-state index is 12.1. The molecule has 0 amide bonds. The second kappa shape index (κ2) is 9.42. The summed E-state index contributed by atoms with van der Waals surface area (Å²) in [5.41, 5.74) is 0.898. The van der Waals surface area contributed by atoms with Crippen molar-refractivity contribution in [1.82, 2.24) is 15.6 Å². The number of guanidine groups is 1. The molecule has 0 fully saturated rings. The van der Waals surface area contributed by atoms with Gasteiger partial charge in [0.15, 0.2) is 5.96 Å². The van der Waals surface area contributed by atoms with E-state index in [0.717, 1.165) is 17.0 Å². The lowest BCUT2D eigenvalue weighted by molar-refractivity contribution is -0.274. The van der Waals surface area contributed by atoms with E-state index in [1.165, 1.54) is 17.0 Å². The third kappa shape index (κ3) is 6.91. The normalized spacial score (nSPS) is 12.1. The zero-order chi connectivity index (χ0) is 19.0. The Bertz CT molecular complexity index is 714. The summed E-state index contributed by atoms with van der Waals surface area (Å²) in [6.45, 7) is 3.28. The van der Waals surface area contributed by atoms with Gasteiger partial charge in [0.05, 0.1) is 6.54 Å². The SMILES string of the molecule is CCc1cnc(CNC(=NC)NCCc2ccc(OC(F)(F)F)cc2)s1. The smallest absolute Gasteiger partial charge is 0.406 e. The zero-order valence-electron chi connectivity index (χ0n) is 14.6. The van der Waals surface area contributed by atoms with E-state index in [9.17, 15) is 13.2 Å². The number of benzene rings is 1. The van der Waals surface area contributed by atoms with E-state index >= 15 is 0 Å². The van der Waals surface area contributed by atoms with Gasteiger partial charge in [0.25, 0.3) is 0 Å². The fourth-order valence-electron chi connectivity index (χ4n) is 2.16. The maximum atomic E-state index is 12.1. The van der Waals surface area contributed by atoms with Gasteiger partial charge in [-0.05, 0) is 30.5 Å². The Balaban J connectivity index is 1.74. The number of ether oxygens (including phenoxy) is 1. The zero-order valence-corrected chi connectivity index (χ0v) is 15.4. The van der Waals surface area contributed by atoms with Gasteiger partial charge in [-0.1, -0.05) is 19.1 Å². The molecule has 0 unspecified atom stereocenters. The molecule has 0 aliphatic heterocycles. The molecule has 1 aromatic heterocycles. The number of nitrogens with zero attached hydrogens (tertiary/aromatic N) is 2. The molecule has 0 aliphatic carbocycles. The topological polar surface area (TPSA) is 58.5 Å². The fourth-order valence-corrected chi connectivity index (χ4v) is 2.96. The molecular formula is C17H21F3N4OS. The van der Waals surface area contributed by atoms with Gasteiger partial charge in [0.1, 0.15) is 10.8 Å². The van der Waals surface area contributed by atoms with Gasteiger partial charge in [-0.3, -0.25) is 4.99 Å². The summed E-state index contributed by atoms with van der Waals surface area (Å²) in [7, 11) is 1.68. The molecule has 0 atom stereocenters. The predicted octanol–water partition coefficient (Wildman–Crippen LogP) is 3.51. The van der Waals surface area contributed by atoms with Crippen LogP contribution in [0.4, 0.5) is 13.2 Å². The van der Waals surface area contributed by atoms with Crippen LogP contribution in [0.3, 0.4) is 0 Å². The molecular weight excluding hydrogens is 365 g/mol. The van der Waals surface area contributed by atoms with Gasteiger partial charge in [-0.25, -0.2) is 4.98 Å². The lowest BCUT2D eigenvalue weighted by Crippen LogP contribution is -2.37. The maximum Gasteiger partial charge on any atom is 0.573 e. The second-order valence-electron chi connectivity index (χ2n) is 5.37. The molecule has 0 bridgehead atoms. The van der Waals surface area contributed by atoms with E-state index in [-0.39, 0.29) is 5.75 Å². The third-order valence-electron chi connectivity index (χ3n) is 3.44. The van der Waals surface area contributed by atoms with Crippen LogP contribution < -0.4 is 15.4 Å². The fraction of sp³-hybridized carbons (Fsp3) is 0.412. The van der Waals surface area contributed by atoms with Crippen molar-refractivity contribution in [2.24, 2.45) is 4.99 Å². The first-order valence-corrected chi connectivity index (χ1v) is 8.94. The van der Waals surface area contributed by atoms with Crippen LogP contribution >= 0.6 is 11.3 Å². The summed E-state index contributed by atoms with van der Waals surface area (Å²) < 4.78 is 40.3. The molecule has 2 rings (SSSR count). The minimum atomic E-state index is -4.67. The standard InChI is InChI=1S/C17H21F3N4OS/c1-3-14-10-23-15(26-14)11-24-16(21-2)22-9-8-12-4-6-13(7-5-12)25-17(18,19)20/h4-7,10H,3,8-9,11H2,1-2H3,(H2,21,22,24). The first-order chi connectivity index (χ1) is 12.4. The van der Waals surface area contributed by atoms with Crippen molar-refractivity contribution in [3.05, 3.63) is 45.9 Å². The average Bonchev–Trinajstić information content (AvgIpc) is 3.06. The quantitative estimate of drug-likeness (QED) is 0.565. The Kier molecular flexibility index (Phi) is 7.26. The van der Waals surface area contributed by atoms with E-state index in [4.69, 9.17) is 0 Å². The number of thiazole rings is 1. The molecule has 0 aliphatic rings. The summed E-state index contributed by atoms with van der Waals surface area (Å²) in [5.74, 6) is 0.428. The van der Waals surface area contributed by atoms with Crippen molar-refractivity contribution < 1.29 is 17.9 Å². The number of halogens is 3. The van der Waals surface area contributed by atoms with E-state index in [1.807, 2.05) is 6.20 Å². The molecule has 2 aromatic rings. The van der Waals surface area contributed by atoms with Gasteiger partial charge >= 0.3 is 6.36 Å². The molecule has 0 saturated heterocycles. The summed E-state index contributed by atoms with van der Waals surface area (Å²) in [6.07, 6.45) is -1.18. The highest BCUT2D eigenvalue weighted by atomic mass is 32.1. The molecule has 0 spiro atoms. The van der Waals surface area contributed by atoms with Crippen LogP contribution in [0.25, 0.3) is 0 Å². The lowest BCUT2D eigenvalue weighted by Gasteiger charge is -2.11. The number of alkyl halides is 3. The first kappa shape index (κ1) is 20.0. The Labute approximate surface area is 154 Å². The summed E-state index contributed by atoms with van der Waals surface area (Å²) in [4.78, 5) is 9.72. The molecule has 1 aromatic carbocycles. The number of hydrogen-bond acceptors (Lipinski definition) is 4. The van der Waals surface area contributed by atoms with E-state index in [0.29, 0.717) is 25.5 Å². The first-order valence-electron chi connectivity index (χ1n) is 8.12. The van der Waals surface area contributed by atoms with E-state index < -0.39 is 6.36 Å². The van der Waals surface area contributed by atoms with Gasteiger partial charge in [-0.2, -0.15) is 0 Å². The Morgan fingerprint density at radius 3 is 2.54 bits per heavy atom. The van der Waals surface area contributed by atoms with Gasteiger partial charge < -0.3 is 15.4 Å². The molecule has 0 radical (unpaired) electrons. The minimum absolute atomic E-state index is 0.221. The van der Waals surface area contributed by atoms with Crippen molar-refractivity contribution in [2.75, 3.05) is 13.6 Å². The summed E-state index contributed by atoms with van der Waals surface area (Å²) in [6, 6.07) is 5.84. The second-order valence-corrected chi connectivity index (χ2v) is 6.57. The van der Waals surface area contributed by atoms with Gasteiger partial charge in [-0.15, -0.1) is 24.5 Å². The summed E-state index contributed by atoms with van der Waals surface area (Å²) >= 11 is 1.66. The van der Waals surface area contributed by atoms with Crippen LogP contribution in [0.15, 0.2) is 35.5 Å².